The van der Waals surface area contributed by atoms with Crippen molar-refractivity contribution >= 4 is 29.9 Å². The topological polar surface area (TPSA) is 43.1 Å². The summed E-state index contributed by atoms with van der Waals surface area (Å²) in [5, 5.41) is 0.166. The van der Waals surface area contributed by atoms with Crippen LogP contribution < -0.4 is 5.73 Å². The number of rotatable bonds is 1. The van der Waals surface area contributed by atoms with Gasteiger partial charge < -0.3 is 5.73 Å². The maximum atomic E-state index is 12.5. The molecule has 0 aromatic heterocycles. The Bertz CT molecular complexity index is 283. The first-order valence-electron chi connectivity index (χ1n) is 2.85. The van der Waals surface area contributed by atoms with Gasteiger partial charge in [0.25, 0.3) is 0 Å². The molecule has 0 spiro atoms. The standard InChI is InChI=1S/C7H5ClFNO.ClH/c8-5-1-4(7(10)11)2-6(9)3-5;/h1-3H,(H2,10,11);1H. The SMILES string of the molecule is Cl.NC(=O)c1cc(F)cc(Cl)c1. The van der Waals surface area contributed by atoms with Crippen LogP contribution in [0.1, 0.15) is 10.4 Å². The van der Waals surface area contributed by atoms with E-state index in [9.17, 15) is 9.18 Å². The third-order valence-electron chi connectivity index (χ3n) is 1.15. The van der Waals surface area contributed by atoms with Crippen LogP contribution in [0.2, 0.25) is 5.02 Å². The largest absolute Gasteiger partial charge is 0.366 e. The van der Waals surface area contributed by atoms with Gasteiger partial charge in [-0.1, -0.05) is 11.6 Å². The molecule has 1 aromatic rings. The van der Waals surface area contributed by atoms with Gasteiger partial charge in [0.2, 0.25) is 5.91 Å². The Kier molecular flexibility index (Phi) is 4.00. The molecule has 0 saturated carbocycles. The van der Waals surface area contributed by atoms with Crippen molar-refractivity contribution in [1.82, 2.24) is 0 Å². The summed E-state index contributed by atoms with van der Waals surface area (Å²) in [5.41, 5.74) is 4.97. The second-order valence-electron chi connectivity index (χ2n) is 2.02. The Hall–Kier alpha value is -0.800. The fraction of sp³-hybridized carbons (Fsp3) is 0. The molecular formula is C7H6Cl2FNO. The van der Waals surface area contributed by atoms with Gasteiger partial charge >= 0.3 is 0 Å². The Morgan fingerprint density at radius 2 is 2.00 bits per heavy atom. The van der Waals surface area contributed by atoms with Crippen molar-refractivity contribution in [2.24, 2.45) is 5.73 Å². The van der Waals surface area contributed by atoms with E-state index in [0.29, 0.717) is 0 Å². The van der Waals surface area contributed by atoms with Gasteiger partial charge in [-0.05, 0) is 18.2 Å². The summed E-state index contributed by atoms with van der Waals surface area (Å²) in [6.07, 6.45) is 0. The molecule has 0 aliphatic heterocycles. The number of hydrogen-bond donors (Lipinski definition) is 1. The summed E-state index contributed by atoms with van der Waals surface area (Å²) in [6.45, 7) is 0. The van der Waals surface area contributed by atoms with E-state index >= 15 is 0 Å². The van der Waals surface area contributed by atoms with E-state index in [2.05, 4.69) is 0 Å². The average Bonchev–Trinajstić information content (AvgIpc) is 1.85. The first kappa shape index (κ1) is 11.2. The van der Waals surface area contributed by atoms with E-state index in [-0.39, 0.29) is 23.0 Å². The molecule has 1 aromatic carbocycles. The normalized spacial score (nSPS) is 8.83. The smallest absolute Gasteiger partial charge is 0.248 e. The summed E-state index contributed by atoms with van der Waals surface area (Å²) in [6, 6.07) is 3.45. The predicted molar refractivity (Wildman–Crippen MR) is 47.2 cm³/mol. The highest BCUT2D eigenvalue weighted by molar-refractivity contribution is 6.30. The van der Waals surface area contributed by atoms with Crippen LogP contribution in [0.25, 0.3) is 0 Å². The van der Waals surface area contributed by atoms with E-state index in [1.807, 2.05) is 0 Å². The Balaban J connectivity index is 0.00000121. The number of hydrogen-bond acceptors (Lipinski definition) is 1. The Morgan fingerprint density at radius 1 is 1.42 bits per heavy atom. The first-order valence-corrected chi connectivity index (χ1v) is 3.23. The van der Waals surface area contributed by atoms with Crippen LogP contribution in [0.15, 0.2) is 18.2 Å². The van der Waals surface area contributed by atoms with Crippen LogP contribution in [-0.2, 0) is 0 Å². The minimum Gasteiger partial charge on any atom is -0.366 e. The van der Waals surface area contributed by atoms with Crippen LogP contribution in [0.4, 0.5) is 4.39 Å². The first-order chi connectivity index (χ1) is 5.09. The highest BCUT2D eigenvalue weighted by Crippen LogP contribution is 2.13. The van der Waals surface area contributed by atoms with Crippen LogP contribution in [0.5, 0.6) is 0 Å². The molecule has 0 atom stereocenters. The van der Waals surface area contributed by atoms with Crippen LogP contribution in [-0.4, -0.2) is 5.91 Å². The molecule has 2 nitrogen and oxygen atoms in total. The zero-order valence-electron chi connectivity index (χ0n) is 5.88. The molecule has 66 valence electrons. The van der Waals surface area contributed by atoms with E-state index in [1.54, 1.807) is 0 Å². The molecule has 0 aliphatic rings. The van der Waals surface area contributed by atoms with Crippen LogP contribution >= 0.6 is 24.0 Å². The number of nitrogens with two attached hydrogens (primary N) is 1. The summed E-state index contributed by atoms with van der Waals surface area (Å²) in [5.74, 6) is -1.25. The van der Waals surface area contributed by atoms with Gasteiger partial charge in [0.05, 0.1) is 0 Å². The number of amides is 1. The fourth-order valence-electron chi connectivity index (χ4n) is 0.696. The van der Waals surface area contributed by atoms with E-state index in [1.165, 1.54) is 6.07 Å². The number of carbonyl (C=O) groups is 1. The molecule has 12 heavy (non-hydrogen) atoms. The lowest BCUT2D eigenvalue weighted by Crippen LogP contribution is -2.10. The Labute approximate surface area is 79.9 Å². The lowest BCUT2D eigenvalue weighted by atomic mass is 10.2. The fourth-order valence-corrected chi connectivity index (χ4v) is 0.918. The monoisotopic (exact) mass is 209 g/mol. The molecule has 1 amide bonds. The lowest BCUT2D eigenvalue weighted by molar-refractivity contribution is 0.1000. The second kappa shape index (κ2) is 4.28. The van der Waals surface area contributed by atoms with Gasteiger partial charge in [-0.25, -0.2) is 4.39 Å². The van der Waals surface area contributed by atoms with Gasteiger partial charge in [0, 0.05) is 10.6 Å². The third-order valence-corrected chi connectivity index (χ3v) is 1.37. The van der Waals surface area contributed by atoms with Crippen molar-refractivity contribution < 1.29 is 9.18 Å². The highest BCUT2D eigenvalue weighted by Gasteiger charge is 2.03. The maximum absolute atomic E-state index is 12.5. The van der Waals surface area contributed by atoms with Crippen LogP contribution in [0.3, 0.4) is 0 Å². The summed E-state index contributed by atoms with van der Waals surface area (Å²) >= 11 is 5.45. The number of primary amides is 1. The highest BCUT2D eigenvalue weighted by atomic mass is 35.5. The molecule has 0 unspecified atom stereocenters. The Morgan fingerprint density at radius 3 is 2.42 bits per heavy atom. The molecule has 0 saturated heterocycles. The molecule has 0 heterocycles. The predicted octanol–water partition coefficient (Wildman–Crippen LogP) is 2.00. The van der Waals surface area contributed by atoms with Crippen molar-refractivity contribution in [3.8, 4) is 0 Å². The van der Waals surface area contributed by atoms with Crippen molar-refractivity contribution in [3.05, 3.63) is 34.6 Å². The van der Waals surface area contributed by atoms with Gasteiger partial charge in [0.15, 0.2) is 0 Å². The minimum atomic E-state index is -0.689. The molecule has 5 heteroatoms. The molecule has 0 fully saturated rings. The number of halogens is 3. The molecule has 0 bridgehead atoms. The van der Waals surface area contributed by atoms with E-state index in [4.69, 9.17) is 17.3 Å². The van der Waals surface area contributed by atoms with E-state index < -0.39 is 11.7 Å². The van der Waals surface area contributed by atoms with Gasteiger partial charge in [-0.2, -0.15) is 0 Å². The zero-order valence-corrected chi connectivity index (χ0v) is 7.45. The van der Waals surface area contributed by atoms with Gasteiger partial charge in [-0.15, -0.1) is 12.4 Å². The summed E-state index contributed by atoms with van der Waals surface area (Å²) < 4.78 is 12.5. The average molecular weight is 210 g/mol. The molecule has 0 radical (unpaired) electrons. The maximum Gasteiger partial charge on any atom is 0.248 e. The molecular weight excluding hydrogens is 204 g/mol. The number of carbonyl (C=O) groups excluding carboxylic acids is 1. The quantitative estimate of drug-likeness (QED) is 0.756. The van der Waals surface area contributed by atoms with Gasteiger partial charge in [-0.3, -0.25) is 4.79 Å². The molecule has 1 rings (SSSR count). The lowest BCUT2D eigenvalue weighted by Gasteiger charge is -1.95. The van der Waals surface area contributed by atoms with Gasteiger partial charge in [0.1, 0.15) is 5.82 Å². The zero-order chi connectivity index (χ0) is 8.43. The molecule has 0 aliphatic carbocycles. The molecule has 2 N–H and O–H groups in total. The third kappa shape index (κ3) is 2.68. The van der Waals surface area contributed by atoms with Crippen molar-refractivity contribution in [3.63, 3.8) is 0 Å². The summed E-state index contributed by atoms with van der Waals surface area (Å²) in [7, 11) is 0. The number of benzene rings is 1. The van der Waals surface area contributed by atoms with Crippen molar-refractivity contribution in [2.75, 3.05) is 0 Å². The van der Waals surface area contributed by atoms with E-state index in [0.717, 1.165) is 12.1 Å². The second-order valence-corrected chi connectivity index (χ2v) is 2.46. The van der Waals surface area contributed by atoms with Crippen molar-refractivity contribution in [1.29, 1.82) is 0 Å². The minimum absolute atomic E-state index is 0. The van der Waals surface area contributed by atoms with Crippen molar-refractivity contribution in [2.45, 2.75) is 0 Å². The summed E-state index contributed by atoms with van der Waals surface area (Å²) in [4.78, 5) is 10.5. The van der Waals surface area contributed by atoms with Crippen LogP contribution in [0, 0.1) is 5.82 Å².